The lowest BCUT2D eigenvalue weighted by molar-refractivity contribution is -0.140. The summed E-state index contributed by atoms with van der Waals surface area (Å²) >= 11 is 0. The SMILES string of the molecule is CN=C(NCCCCCC(=O)OC)NCC1(c2cccc(F)c2)CC1.I. The number of rotatable bonds is 9. The standard InChI is InChI=1S/C19H28FN3O2.HI/c1-21-18(22-12-5-3-4-9-17(24)25-2)23-14-19(10-11-19)15-7-6-8-16(20)13-15;/h6-8,13H,3-5,9-12,14H2,1-2H3,(H2,21,22,23);1H. The van der Waals surface area contributed by atoms with Gasteiger partial charge in [0.15, 0.2) is 5.96 Å². The van der Waals surface area contributed by atoms with E-state index in [2.05, 4.69) is 20.4 Å². The van der Waals surface area contributed by atoms with Gasteiger partial charge in [0.25, 0.3) is 0 Å². The maximum Gasteiger partial charge on any atom is 0.305 e. The molecule has 1 aromatic carbocycles. The van der Waals surface area contributed by atoms with Gasteiger partial charge in [-0.3, -0.25) is 9.79 Å². The van der Waals surface area contributed by atoms with Crippen molar-refractivity contribution in [2.75, 3.05) is 27.2 Å². The van der Waals surface area contributed by atoms with Crippen LogP contribution >= 0.6 is 24.0 Å². The molecule has 146 valence electrons. The van der Waals surface area contributed by atoms with Crippen LogP contribution in [-0.2, 0) is 14.9 Å². The molecule has 1 aliphatic rings. The van der Waals surface area contributed by atoms with Crippen molar-refractivity contribution >= 4 is 35.9 Å². The maximum absolute atomic E-state index is 13.4. The number of hydrogen-bond donors (Lipinski definition) is 2. The molecule has 7 heteroatoms. The van der Waals surface area contributed by atoms with E-state index >= 15 is 0 Å². The highest BCUT2D eigenvalue weighted by Gasteiger charge is 2.44. The zero-order valence-electron chi connectivity index (χ0n) is 15.5. The molecule has 0 aliphatic heterocycles. The third-order valence-electron chi connectivity index (χ3n) is 4.69. The van der Waals surface area contributed by atoms with Crippen LogP contribution in [0.1, 0.15) is 44.1 Å². The van der Waals surface area contributed by atoms with Gasteiger partial charge in [0.05, 0.1) is 7.11 Å². The molecule has 0 amide bonds. The molecule has 0 aromatic heterocycles. The van der Waals surface area contributed by atoms with Crippen LogP contribution in [0.5, 0.6) is 0 Å². The average Bonchev–Trinajstić information content (AvgIpc) is 3.41. The van der Waals surface area contributed by atoms with Crippen molar-refractivity contribution in [3.8, 4) is 0 Å². The van der Waals surface area contributed by atoms with E-state index in [1.165, 1.54) is 13.2 Å². The fourth-order valence-corrected chi connectivity index (χ4v) is 2.89. The Balaban J connectivity index is 0.00000338. The molecule has 0 radical (unpaired) electrons. The van der Waals surface area contributed by atoms with E-state index in [1.54, 1.807) is 19.2 Å². The van der Waals surface area contributed by atoms with E-state index in [9.17, 15) is 9.18 Å². The van der Waals surface area contributed by atoms with Crippen LogP contribution in [0.25, 0.3) is 0 Å². The second kappa shape index (κ2) is 11.4. The quantitative estimate of drug-likeness (QED) is 0.188. The summed E-state index contributed by atoms with van der Waals surface area (Å²) in [7, 11) is 3.16. The topological polar surface area (TPSA) is 62.7 Å². The van der Waals surface area contributed by atoms with Crippen LogP contribution in [-0.4, -0.2) is 39.2 Å². The predicted molar refractivity (Wildman–Crippen MR) is 113 cm³/mol. The lowest BCUT2D eigenvalue weighted by Crippen LogP contribution is -2.41. The van der Waals surface area contributed by atoms with Gasteiger partial charge in [-0.15, -0.1) is 24.0 Å². The molecule has 5 nitrogen and oxygen atoms in total. The predicted octanol–water partition coefficient (Wildman–Crippen LogP) is 3.37. The van der Waals surface area contributed by atoms with Gasteiger partial charge in [-0.2, -0.15) is 0 Å². The van der Waals surface area contributed by atoms with Gasteiger partial charge in [0.1, 0.15) is 5.82 Å². The third kappa shape index (κ3) is 7.09. The monoisotopic (exact) mass is 477 g/mol. The molecule has 1 fully saturated rings. The average molecular weight is 477 g/mol. The summed E-state index contributed by atoms with van der Waals surface area (Å²) in [6, 6.07) is 6.88. The van der Waals surface area contributed by atoms with Crippen LogP contribution in [0.15, 0.2) is 29.3 Å². The summed E-state index contributed by atoms with van der Waals surface area (Å²) < 4.78 is 18.1. The normalized spacial score (nSPS) is 15.0. The number of ether oxygens (including phenoxy) is 1. The van der Waals surface area contributed by atoms with E-state index in [1.807, 2.05) is 6.07 Å². The first-order chi connectivity index (χ1) is 12.1. The fourth-order valence-electron chi connectivity index (χ4n) is 2.89. The van der Waals surface area contributed by atoms with E-state index in [0.29, 0.717) is 6.42 Å². The number of hydrogen-bond acceptors (Lipinski definition) is 3. The first-order valence-corrected chi connectivity index (χ1v) is 8.87. The molecule has 0 atom stereocenters. The van der Waals surface area contributed by atoms with E-state index in [4.69, 9.17) is 0 Å². The van der Waals surface area contributed by atoms with Crippen molar-refractivity contribution in [2.45, 2.75) is 43.9 Å². The molecule has 1 saturated carbocycles. The Morgan fingerprint density at radius 1 is 1.27 bits per heavy atom. The molecule has 0 spiro atoms. The van der Waals surface area contributed by atoms with Crippen LogP contribution in [0, 0.1) is 5.82 Å². The van der Waals surface area contributed by atoms with Crippen LogP contribution in [0.3, 0.4) is 0 Å². The third-order valence-corrected chi connectivity index (χ3v) is 4.69. The number of carbonyl (C=O) groups is 1. The molecule has 0 unspecified atom stereocenters. The minimum atomic E-state index is -0.182. The summed E-state index contributed by atoms with van der Waals surface area (Å²) in [6.45, 7) is 1.55. The van der Waals surface area contributed by atoms with Crippen molar-refractivity contribution in [3.63, 3.8) is 0 Å². The molecule has 0 bridgehead atoms. The number of nitrogens with one attached hydrogen (secondary N) is 2. The zero-order chi connectivity index (χ0) is 18.1. The lowest BCUT2D eigenvalue weighted by atomic mass is 9.96. The van der Waals surface area contributed by atoms with Crippen molar-refractivity contribution in [2.24, 2.45) is 4.99 Å². The summed E-state index contributed by atoms with van der Waals surface area (Å²) in [6.07, 6.45) is 5.36. The number of benzene rings is 1. The van der Waals surface area contributed by atoms with Gasteiger partial charge >= 0.3 is 5.97 Å². The highest BCUT2D eigenvalue weighted by Crippen LogP contribution is 2.47. The van der Waals surface area contributed by atoms with E-state index in [0.717, 1.165) is 56.7 Å². The number of halogens is 2. The largest absolute Gasteiger partial charge is 0.469 e. The summed E-state index contributed by atoms with van der Waals surface area (Å²) in [5.74, 6) is 0.423. The van der Waals surface area contributed by atoms with Gasteiger partial charge in [-0.05, 0) is 43.4 Å². The van der Waals surface area contributed by atoms with Gasteiger partial charge in [-0.1, -0.05) is 18.6 Å². The van der Waals surface area contributed by atoms with Crippen molar-refractivity contribution in [1.29, 1.82) is 0 Å². The second-order valence-electron chi connectivity index (χ2n) is 6.53. The van der Waals surface area contributed by atoms with Crippen LogP contribution < -0.4 is 10.6 Å². The van der Waals surface area contributed by atoms with Crippen LogP contribution in [0.4, 0.5) is 4.39 Å². The molecule has 2 rings (SSSR count). The van der Waals surface area contributed by atoms with E-state index < -0.39 is 0 Å². The fraction of sp³-hybridized carbons (Fsp3) is 0.579. The molecule has 1 aliphatic carbocycles. The molecule has 0 heterocycles. The Hall–Kier alpha value is -1.38. The van der Waals surface area contributed by atoms with Gasteiger partial charge in [0.2, 0.25) is 0 Å². The van der Waals surface area contributed by atoms with Crippen molar-refractivity contribution in [3.05, 3.63) is 35.6 Å². The number of methoxy groups -OCH3 is 1. The molecule has 1 aromatic rings. The summed E-state index contributed by atoms with van der Waals surface area (Å²) in [4.78, 5) is 15.3. The first-order valence-electron chi connectivity index (χ1n) is 8.87. The molecule has 2 N–H and O–H groups in total. The van der Waals surface area contributed by atoms with Crippen molar-refractivity contribution in [1.82, 2.24) is 10.6 Å². The highest BCUT2D eigenvalue weighted by molar-refractivity contribution is 14.0. The zero-order valence-corrected chi connectivity index (χ0v) is 17.8. The molecular weight excluding hydrogens is 448 g/mol. The molecule has 26 heavy (non-hydrogen) atoms. The Morgan fingerprint density at radius 3 is 2.65 bits per heavy atom. The molecular formula is C19H29FIN3O2. The second-order valence-corrected chi connectivity index (χ2v) is 6.53. The minimum absolute atomic E-state index is 0. The van der Waals surface area contributed by atoms with E-state index in [-0.39, 0.29) is 41.2 Å². The number of unbranched alkanes of at least 4 members (excludes halogenated alkanes) is 2. The van der Waals surface area contributed by atoms with Crippen LogP contribution in [0.2, 0.25) is 0 Å². The highest BCUT2D eigenvalue weighted by atomic mass is 127. The molecule has 0 saturated heterocycles. The number of esters is 1. The smallest absolute Gasteiger partial charge is 0.305 e. The van der Waals surface area contributed by atoms with Gasteiger partial charge < -0.3 is 15.4 Å². The van der Waals surface area contributed by atoms with Gasteiger partial charge in [-0.25, -0.2) is 4.39 Å². The summed E-state index contributed by atoms with van der Waals surface area (Å²) in [5.41, 5.74) is 1.08. The Bertz CT molecular complexity index is 606. The Kier molecular flexibility index (Phi) is 9.90. The number of nitrogens with zero attached hydrogens (tertiary/aromatic N) is 1. The minimum Gasteiger partial charge on any atom is -0.469 e. The number of aliphatic imine (C=N–C) groups is 1. The van der Waals surface area contributed by atoms with Gasteiger partial charge in [0, 0.05) is 32.0 Å². The summed E-state index contributed by atoms with van der Waals surface area (Å²) in [5, 5.41) is 6.63. The lowest BCUT2D eigenvalue weighted by Gasteiger charge is -2.19. The Morgan fingerprint density at radius 2 is 2.04 bits per heavy atom. The number of carbonyl (C=O) groups excluding carboxylic acids is 1. The van der Waals surface area contributed by atoms with Crippen molar-refractivity contribution < 1.29 is 13.9 Å². The maximum atomic E-state index is 13.4. The first kappa shape index (κ1) is 22.7. The Labute approximate surface area is 172 Å². The number of guanidine groups is 1.